The van der Waals surface area contributed by atoms with Gasteiger partial charge < -0.3 is 15.5 Å². The minimum atomic E-state index is 0. The first-order valence-corrected chi connectivity index (χ1v) is 7.97. The largest absolute Gasteiger partial charge is 0.357 e. The molecule has 1 aromatic heterocycles. The minimum Gasteiger partial charge on any atom is -0.357 e. The van der Waals surface area contributed by atoms with Gasteiger partial charge >= 0.3 is 0 Å². The van der Waals surface area contributed by atoms with Gasteiger partial charge in [0, 0.05) is 32.4 Å². The van der Waals surface area contributed by atoms with Crippen molar-refractivity contribution in [3.63, 3.8) is 0 Å². The van der Waals surface area contributed by atoms with Crippen molar-refractivity contribution in [1.29, 1.82) is 0 Å². The summed E-state index contributed by atoms with van der Waals surface area (Å²) in [6, 6.07) is 4.18. The Hall–Kier alpha value is -1.05. The Morgan fingerprint density at radius 1 is 1.14 bits per heavy atom. The van der Waals surface area contributed by atoms with Crippen molar-refractivity contribution < 1.29 is 0 Å². The molecule has 1 aromatic rings. The summed E-state index contributed by atoms with van der Waals surface area (Å²) >= 11 is 0. The van der Waals surface area contributed by atoms with Crippen molar-refractivity contribution in [3.8, 4) is 0 Å². The zero-order valence-corrected chi connectivity index (χ0v) is 16.6. The van der Waals surface area contributed by atoms with Crippen LogP contribution in [0.25, 0.3) is 0 Å². The smallest absolute Gasteiger partial charge is 0.191 e. The second-order valence-electron chi connectivity index (χ2n) is 4.82. The van der Waals surface area contributed by atoms with Crippen LogP contribution in [0.2, 0.25) is 0 Å². The highest BCUT2D eigenvalue weighted by Gasteiger charge is 2.03. The van der Waals surface area contributed by atoms with Crippen LogP contribution in [0, 0.1) is 0 Å². The number of hydrogen-bond donors (Lipinski definition) is 2. The Kier molecular flexibility index (Phi) is 11.9. The van der Waals surface area contributed by atoms with Crippen LogP contribution in [0.4, 0.5) is 5.82 Å². The zero-order chi connectivity index (χ0) is 15.5. The van der Waals surface area contributed by atoms with Crippen molar-refractivity contribution in [3.05, 3.63) is 23.9 Å². The lowest BCUT2D eigenvalue weighted by Crippen LogP contribution is -2.37. The molecule has 0 unspecified atom stereocenters. The molecular weight excluding hydrogens is 389 g/mol. The number of aromatic nitrogens is 1. The van der Waals surface area contributed by atoms with Crippen LogP contribution in [0.1, 0.15) is 39.7 Å². The van der Waals surface area contributed by atoms with E-state index in [0.717, 1.165) is 49.9 Å². The normalized spacial score (nSPS) is 10.8. The van der Waals surface area contributed by atoms with Crippen LogP contribution in [-0.4, -0.2) is 37.1 Å². The maximum atomic E-state index is 4.58. The summed E-state index contributed by atoms with van der Waals surface area (Å²) < 4.78 is 0. The van der Waals surface area contributed by atoms with E-state index in [1.54, 1.807) is 0 Å². The predicted molar refractivity (Wildman–Crippen MR) is 106 cm³/mol. The van der Waals surface area contributed by atoms with E-state index in [4.69, 9.17) is 0 Å². The molecule has 0 saturated carbocycles. The Morgan fingerprint density at radius 2 is 1.86 bits per heavy atom. The van der Waals surface area contributed by atoms with Crippen molar-refractivity contribution in [2.75, 3.05) is 31.1 Å². The molecule has 0 atom stereocenters. The molecule has 5 nitrogen and oxygen atoms in total. The monoisotopic (exact) mass is 419 g/mol. The molecule has 22 heavy (non-hydrogen) atoms. The third kappa shape index (κ3) is 7.29. The molecule has 0 aromatic carbocycles. The summed E-state index contributed by atoms with van der Waals surface area (Å²) in [5, 5.41) is 6.54. The number of nitrogens with one attached hydrogen (secondary N) is 2. The highest BCUT2D eigenvalue weighted by molar-refractivity contribution is 14.0. The first kappa shape index (κ1) is 20.9. The molecular formula is C16H30IN5. The van der Waals surface area contributed by atoms with Gasteiger partial charge in [-0.1, -0.05) is 13.0 Å². The number of aliphatic imine (C=N–C) groups is 1. The summed E-state index contributed by atoms with van der Waals surface area (Å²) in [6.45, 7) is 12.9. The van der Waals surface area contributed by atoms with E-state index in [1.807, 2.05) is 6.20 Å². The fourth-order valence-electron chi connectivity index (χ4n) is 2.00. The molecule has 6 heteroatoms. The Morgan fingerprint density at radius 3 is 2.36 bits per heavy atom. The van der Waals surface area contributed by atoms with E-state index < -0.39 is 0 Å². The van der Waals surface area contributed by atoms with Gasteiger partial charge in [-0.3, -0.25) is 0 Å². The fraction of sp³-hybridized carbons (Fsp3) is 0.625. The number of rotatable bonds is 8. The number of guanidine groups is 1. The van der Waals surface area contributed by atoms with Crippen molar-refractivity contribution in [2.45, 2.75) is 40.7 Å². The second kappa shape index (κ2) is 12.5. The molecule has 0 amide bonds. The van der Waals surface area contributed by atoms with Crippen LogP contribution >= 0.6 is 24.0 Å². The zero-order valence-electron chi connectivity index (χ0n) is 14.2. The van der Waals surface area contributed by atoms with Gasteiger partial charge in [-0.15, -0.1) is 24.0 Å². The summed E-state index contributed by atoms with van der Waals surface area (Å²) in [7, 11) is 0. The summed E-state index contributed by atoms with van der Waals surface area (Å²) in [5.41, 5.74) is 1.12. The third-order valence-electron chi connectivity index (χ3n) is 3.20. The molecule has 2 N–H and O–H groups in total. The molecule has 0 aliphatic heterocycles. The molecule has 0 radical (unpaired) electrons. The van der Waals surface area contributed by atoms with Gasteiger partial charge in [0.1, 0.15) is 5.82 Å². The lowest BCUT2D eigenvalue weighted by molar-refractivity contribution is 0.784. The summed E-state index contributed by atoms with van der Waals surface area (Å²) in [5.74, 6) is 1.90. The first-order chi connectivity index (χ1) is 10.2. The molecule has 1 heterocycles. The van der Waals surface area contributed by atoms with Gasteiger partial charge in [-0.05, 0) is 38.8 Å². The Bertz CT molecular complexity index is 415. The highest BCUT2D eigenvalue weighted by atomic mass is 127. The van der Waals surface area contributed by atoms with Gasteiger partial charge in [0.2, 0.25) is 0 Å². The van der Waals surface area contributed by atoms with Gasteiger partial charge in [-0.25, -0.2) is 9.98 Å². The van der Waals surface area contributed by atoms with Crippen molar-refractivity contribution in [2.24, 2.45) is 4.99 Å². The first-order valence-electron chi connectivity index (χ1n) is 7.97. The van der Waals surface area contributed by atoms with Gasteiger partial charge in [0.05, 0.1) is 6.54 Å². The lowest BCUT2D eigenvalue weighted by Gasteiger charge is -2.19. The molecule has 0 bridgehead atoms. The molecule has 0 spiro atoms. The van der Waals surface area contributed by atoms with Crippen molar-refractivity contribution >= 4 is 35.8 Å². The number of pyridine rings is 1. The fourth-order valence-corrected chi connectivity index (χ4v) is 2.00. The average molecular weight is 419 g/mol. The van der Waals surface area contributed by atoms with Crippen LogP contribution in [0.15, 0.2) is 23.3 Å². The Balaban J connectivity index is 0.00000441. The predicted octanol–water partition coefficient (Wildman–Crippen LogP) is 3.01. The van der Waals surface area contributed by atoms with Gasteiger partial charge in [-0.2, -0.15) is 0 Å². The standard InChI is InChI=1S/C16H29N5.HI/c1-5-11-18-16(17-6-2)20-13-14-9-10-15(19-12-14)21(7-3)8-4;/h9-10,12H,5-8,11,13H2,1-4H3,(H2,17,18,20);1H. The van der Waals surface area contributed by atoms with Crippen molar-refractivity contribution in [1.82, 2.24) is 15.6 Å². The summed E-state index contributed by atoms with van der Waals surface area (Å²) in [4.78, 5) is 11.3. The number of anilines is 1. The maximum absolute atomic E-state index is 4.58. The van der Waals surface area contributed by atoms with Crippen LogP contribution < -0.4 is 15.5 Å². The minimum absolute atomic E-state index is 0. The van der Waals surface area contributed by atoms with E-state index >= 15 is 0 Å². The van der Waals surface area contributed by atoms with E-state index in [2.05, 4.69) is 65.3 Å². The quantitative estimate of drug-likeness (QED) is 0.387. The summed E-state index contributed by atoms with van der Waals surface area (Å²) in [6.07, 6.45) is 3.01. The SMILES string of the molecule is CCCNC(=NCc1ccc(N(CC)CC)nc1)NCC.I. The number of nitrogens with zero attached hydrogens (tertiary/aromatic N) is 3. The number of hydrogen-bond acceptors (Lipinski definition) is 3. The van der Waals surface area contributed by atoms with E-state index in [0.29, 0.717) is 6.54 Å². The van der Waals surface area contributed by atoms with Gasteiger partial charge in [0.15, 0.2) is 5.96 Å². The van der Waals surface area contributed by atoms with Crippen LogP contribution in [0.5, 0.6) is 0 Å². The topological polar surface area (TPSA) is 52.6 Å². The van der Waals surface area contributed by atoms with E-state index in [9.17, 15) is 0 Å². The third-order valence-corrected chi connectivity index (χ3v) is 3.20. The van der Waals surface area contributed by atoms with E-state index in [-0.39, 0.29) is 24.0 Å². The molecule has 0 aliphatic carbocycles. The molecule has 0 fully saturated rings. The molecule has 126 valence electrons. The highest BCUT2D eigenvalue weighted by Crippen LogP contribution is 2.11. The number of halogens is 1. The van der Waals surface area contributed by atoms with Crippen LogP contribution in [0.3, 0.4) is 0 Å². The van der Waals surface area contributed by atoms with Gasteiger partial charge in [0.25, 0.3) is 0 Å². The molecule has 1 rings (SSSR count). The molecule has 0 aliphatic rings. The van der Waals surface area contributed by atoms with Crippen LogP contribution in [-0.2, 0) is 6.54 Å². The average Bonchev–Trinajstić information content (AvgIpc) is 2.52. The second-order valence-corrected chi connectivity index (χ2v) is 4.82. The lowest BCUT2D eigenvalue weighted by atomic mass is 10.3. The molecule has 0 saturated heterocycles. The van der Waals surface area contributed by atoms with E-state index in [1.165, 1.54) is 0 Å². The Labute approximate surface area is 152 Å². The maximum Gasteiger partial charge on any atom is 0.191 e.